The maximum atomic E-state index is 13.3. The highest BCUT2D eigenvalue weighted by Gasteiger charge is 2.70. The summed E-state index contributed by atoms with van der Waals surface area (Å²) in [4.78, 5) is 37.9. The van der Waals surface area contributed by atoms with E-state index in [1.807, 2.05) is 25.1 Å². The molecule has 5 atom stereocenters. The van der Waals surface area contributed by atoms with Gasteiger partial charge in [-0.25, -0.2) is 4.39 Å². The molecule has 0 amide bonds. The zero-order valence-electron chi connectivity index (χ0n) is 22.8. The summed E-state index contributed by atoms with van der Waals surface area (Å²) in [7, 11) is 0. The second-order valence-electron chi connectivity index (χ2n) is 10.4. The van der Waals surface area contributed by atoms with Crippen molar-refractivity contribution in [2.45, 2.75) is 77.0 Å². The van der Waals surface area contributed by atoms with Crippen molar-refractivity contribution in [3.05, 3.63) is 82.0 Å². The van der Waals surface area contributed by atoms with Crippen LogP contribution in [0.1, 0.15) is 61.3 Å². The van der Waals surface area contributed by atoms with Crippen molar-refractivity contribution in [3.8, 4) is 10.4 Å². The Morgan fingerprint density at radius 3 is 2.33 bits per heavy atom. The number of ether oxygens (including phenoxy) is 4. The molecule has 1 saturated carbocycles. The molecule has 3 aromatic rings. The van der Waals surface area contributed by atoms with E-state index in [-0.39, 0.29) is 12.2 Å². The number of hydrogen-bond donors (Lipinski definition) is 0. The molecule has 0 N–H and O–H groups in total. The van der Waals surface area contributed by atoms with Crippen LogP contribution >= 0.6 is 11.3 Å². The molecule has 40 heavy (non-hydrogen) atoms. The van der Waals surface area contributed by atoms with Crippen LogP contribution in [0.4, 0.5) is 4.39 Å². The molecule has 2 aromatic carbocycles. The Balaban J connectivity index is 1.41. The first-order chi connectivity index (χ1) is 19.0. The van der Waals surface area contributed by atoms with Crippen molar-refractivity contribution < 1.29 is 37.7 Å². The van der Waals surface area contributed by atoms with E-state index in [0.29, 0.717) is 12.8 Å². The molecule has 0 bridgehead atoms. The fourth-order valence-corrected chi connectivity index (χ4v) is 6.46. The van der Waals surface area contributed by atoms with E-state index in [0.717, 1.165) is 32.0 Å². The Morgan fingerprint density at radius 1 is 0.950 bits per heavy atom. The number of carbonyl (C=O) groups is 3. The van der Waals surface area contributed by atoms with Gasteiger partial charge >= 0.3 is 17.9 Å². The summed E-state index contributed by atoms with van der Waals surface area (Å²) in [6.45, 7) is 5.96. The summed E-state index contributed by atoms with van der Waals surface area (Å²) in [5.41, 5.74) is 2.99. The monoisotopic (exact) mass is 566 g/mol. The fourth-order valence-electron chi connectivity index (χ4n) is 5.42. The number of aryl methyl sites for hydroxylation is 1. The van der Waals surface area contributed by atoms with Crippen LogP contribution in [0.5, 0.6) is 0 Å². The van der Waals surface area contributed by atoms with E-state index in [1.54, 1.807) is 23.5 Å². The third-order valence-electron chi connectivity index (χ3n) is 7.34. The van der Waals surface area contributed by atoms with Crippen LogP contribution in [0.3, 0.4) is 0 Å². The van der Waals surface area contributed by atoms with Gasteiger partial charge in [0.2, 0.25) is 0 Å². The second-order valence-corrected chi connectivity index (χ2v) is 11.6. The Morgan fingerprint density at radius 2 is 1.65 bits per heavy atom. The van der Waals surface area contributed by atoms with Crippen molar-refractivity contribution >= 4 is 29.2 Å². The molecule has 1 aliphatic carbocycles. The Hall–Kier alpha value is -3.56. The van der Waals surface area contributed by atoms with Crippen LogP contribution in [0.15, 0.2) is 54.6 Å². The van der Waals surface area contributed by atoms with Gasteiger partial charge in [0.1, 0.15) is 23.6 Å². The van der Waals surface area contributed by atoms with Crippen LogP contribution in [-0.4, -0.2) is 41.8 Å². The average Bonchev–Trinajstić information content (AvgIpc) is 3.31. The maximum Gasteiger partial charge on any atom is 0.303 e. The molecule has 7 nitrogen and oxygen atoms in total. The number of hydrogen-bond acceptors (Lipinski definition) is 8. The standard InChI is InChI=1S/C31H31FO7S/c1-17-5-6-22(13-23(17)14-25-11-12-28(40-25)21-7-9-24(32)10-8-21)26-15-27(36-18(2)33)30(38-20(4)35)31(39-26)16-29(31)37-19(3)34/h5-13,26-27,29-30H,14-16H2,1-4H3/t26?,27-,29-,30+,31?/m1/s1. The number of carbonyl (C=O) groups excluding carboxylic acids is 3. The summed E-state index contributed by atoms with van der Waals surface area (Å²) in [5.74, 6) is -1.76. The Labute approximate surface area is 236 Å². The first-order valence-electron chi connectivity index (χ1n) is 13.2. The van der Waals surface area contributed by atoms with Gasteiger partial charge in [0, 0.05) is 49.8 Å². The minimum atomic E-state index is -1.09. The predicted octanol–water partition coefficient (Wildman–Crippen LogP) is 5.85. The van der Waals surface area contributed by atoms with Crippen LogP contribution in [0, 0.1) is 12.7 Å². The summed E-state index contributed by atoms with van der Waals surface area (Å²) < 4.78 is 36.6. The molecule has 1 aliphatic heterocycles. The van der Waals surface area contributed by atoms with Crippen LogP contribution in [0.2, 0.25) is 0 Å². The van der Waals surface area contributed by atoms with Gasteiger partial charge in [-0.05, 0) is 53.4 Å². The highest BCUT2D eigenvalue weighted by molar-refractivity contribution is 7.15. The Kier molecular flexibility index (Phi) is 7.79. The lowest BCUT2D eigenvalue weighted by Crippen LogP contribution is -2.53. The van der Waals surface area contributed by atoms with Crippen molar-refractivity contribution in [3.63, 3.8) is 0 Å². The molecular formula is C31H31FO7S. The number of halogens is 1. The summed E-state index contributed by atoms with van der Waals surface area (Å²) >= 11 is 1.66. The number of thiophene rings is 1. The number of rotatable bonds is 7. The van der Waals surface area contributed by atoms with E-state index >= 15 is 0 Å². The Bertz CT molecular complexity index is 1430. The zero-order chi connectivity index (χ0) is 28.6. The van der Waals surface area contributed by atoms with Gasteiger partial charge < -0.3 is 18.9 Å². The summed E-state index contributed by atoms with van der Waals surface area (Å²) in [5, 5.41) is 0. The first kappa shape index (κ1) is 28.0. The largest absolute Gasteiger partial charge is 0.459 e. The summed E-state index contributed by atoms with van der Waals surface area (Å²) in [6, 6.07) is 16.7. The molecule has 0 radical (unpaired) electrons. The predicted molar refractivity (Wildman–Crippen MR) is 146 cm³/mol. The van der Waals surface area contributed by atoms with Crippen molar-refractivity contribution in [2.75, 3.05) is 0 Å². The van der Waals surface area contributed by atoms with E-state index in [2.05, 4.69) is 12.1 Å². The second kappa shape index (κ2) is 11.1. The third kappa shape index (κ3) is 5.95. The van der Waals surface area contributed by atoms with E-state index in [4.69, 9.17) is 18.9 Å². The van der Waals surface area contributed by atoms with E-state index in [1.165, 1.54) is 32.9 Å². The van der Waals surface area contributed by atoms with Crippen molar-refractivity contribution in [2.24, 2.45) is 0 Å². The van der Waals surface area contributed by atoms with Gasteiger partial charge in [-0.2, -0.15) is 0 Å². The van der Waals surface area contributed by atoms with Crippen molar-refractivity contribution in [1.29, 1.82) is 0 Å². The van der Waals surface area contributed by atoms with E-state index in [9.17, 15) is 18.8 Å². The minimum absolute atomic E-state index is 0.264. The SMILES string of the molecule is CC(=O)O[C@@H]1CC(c2ccc(C)c(Cc3ccc(-c4ccc(F)cc4)s3)c2)OC2(C[C@H]2OC(C)=O)[C@H]1OC(C)=O. The average molecular weight is 567 g/mol. The van der Waals surface area contributed by atoms with Gasteiger partial charge in [-0.1, -0.05) is 30.3 Å². The molecule has 1 aromatic heterocycles. The van der Waals surface area contributed by atoms with Gasteiger partial charge in [0.25, 0.3) is 0 Å². The normalized spacial score (nSPS) is 25.3. The minimum Gasteiger partial charge on any atom is -0.459 e. The summed E-state index contributed by atoms with van der Waals surface area (Å²) in [6.07, 6.45) is -1.44. The van der Waals surface area contributed by atoms with Gasteiger partial charge in [-0.3, -0.25) is 14.4 Å². The topological polar surface area (TPSA) is 88.1 Å². The molecule has 2 unspecified atom stereocenters. The first-order valence-corrected chi connectivity index (χ1v) is 14.0. The number of esters is 3. The molecule has 2 aliphatic rings. The molecule has 210 valence electrons. The van der Waals surface area contributed by atoms with E-state index < -0.39 is 47.9 Å². The highest BCUT2D eigenvalue weighted by atomic mass is 32.1. The fraction of sp³-hybridized carbons (Fsp3) is 0.387. The lowest BCUT2D eigenvalue weighted by atomic mass is 9.90. The third-order valence-corrected chi connectivity index (χ3v) is 8.47. The smallest absolute Gasteiger partial charge is 0.303 e. The number of benzene rings is 2. The highest BCUT2D eigenvalue weighted by Crippen LogP contribution is 2.55. The van der Waals surface area contributed by atoms with Crippen LogP contribution in [0.25, 0.3) is 10.4 Å². The quantitative estimate of drug-likeness (QED) is 0.262. The molecule has 2 heterocycles. The van der Waals surface area contributed by atoms with Gasteiger partial charge in [0.15, 0.2) is 6.10 Å². The van der Waals surface area contributed by atoms with Gasteiger partial charge in [0.05, 0.1) is 6.10 Å². The van der Waals surface area contributed by atoms with Crippen LogP contribution < -0.4 is 0 Å². The molecule has 1 spiro atoms. The molecular weight excluding hydrogens is 535 g/mol. The van der Waals surface area contributed by atoms with Gasteiger partial charge in [-0.15, -0.1) is 11.3 Å². The zero-order valence-corrected chi connectivity index (χ0v) is 23.6. The molecule has 5 rings (SSSR count). The maximum absolute atomic E-state index is 13.3. The molecule has 9 heteroatoms. The molecule has 1 saturated heterocycles. The van der Waals surface area contributed by atoms with Crippen molar-refractivity contribution in [1.82, 2.24) is 0 Å². The lowest BCUT2D eigenvalue weighted by Gasteiger charge is -2.41. The molecule has 2 fully saturated rings. The van der Waals surface area contributed by atoms with Crippen LogP contribution in [-0.2, 0) is 39.8 Å². The lowest BCUT2D eigenvalue weighted by molar-refractivity contribution is -0.224.